The van der Waals surface area contributed by atoms with E-state index in [1.54, 1.807) is 6.92 Å². The Morgan fingerprint density at radius 1 is 1.47 bits per heavy atom. The van der Waals surface area contributed by atoms with Crippen LogP contribution in [0.3, 0.4) is 0 Å². The molecular weight excluding hydrogens is 289 g/mol. The maximum atomic E-state index is 13.7. The van der Waals surface area contributed by atoms with E-state index in [1.807, 2.05) is 6.26 Å². The highest BCUT2D eigenvalue weighted by molar-refractivity contribution is 7.98. The van der Waals surface area contributed by atoms with E-state index in [0.29, 0.717) is 11.3 Å². The summed E-state index contributed by atoms with van der Waals surface area (Å²) >= 11 is 1.52. The Bertz CT molecular complexity index is 534. The van der Waals surface area contributed by atoms with Crippen molar-refractivity contribution in [1.29, 1.82) is 0 Å². The fourth-order valence-electron chi connectivity index (χ4n) is 1.58. The quantitative estimate of drug-likeness (QED) is 0.869. The molecule has 0 aliphatic heterocycles. The van der Waals surface area contributed by atoms with Crippen LogP contribution in [-0.2, 0) is 16.6 Å². The summed E-state index contributed by atoms with van der Waals surface area (Å²) in [6.45, 7) is 1.44. The fourth-order valence-corrected chi connectivity index (χ4v) is 3.86. The van der Waals surface area contributed by atoms with Gasteiger partial charge in [-0.2, -0.15) is 16.1 Å². The van der Waals surface area contributed by atoms with Crippen molar-refractivity contribution in [1.82, 2.24) is 4.31 Å². The molecule has 1 rings (SSSR count). The predicted molar refractivity (Wildman–Crippen MR) is 75.1 cm³/mol. The van der Waals surface area contributed by atoms with Gasteiger partial charge in [-0.25, -0.2) is 12.8 Å². The van der Waals surface area contributed by atoms with Crippen LogP contribution in [0.1, 0.15) is 12.5 Å². The molecule has 0 fully saturated rings. The summed E-state index contributed by atoms with van der Waals surface area (Å²) in [6, 6.07) is 3.36. The molecule has 0 saturated heterocycles. The van der Waals surface area contributed by atoms with Gasteiger partial charge in [-0.05, 0) is 30.9 Å². The molecule has 0 saturated carbocycles. The monoisotopic (exact) mass is 307 g/mol. The maximum absolute atomic E-state index is 13.7. The Hall–Kier alpha value is -0.630. The number of nitrogens with zero attached hydrogens (tertiary/aromatic N) is 1. The van der Waals surface area contributed by atoms with Crippen LogP contribution in [0.5, 0.6) is 0 Å². The molecular formula is C12H18FNO3S2. The number of aliphatic hydroxyl groups excluding tert-OH is 1. The number of thioether (sulfide) groups is 1. The van der Waals surface area contributed by atoms with Crippen LogP contribution in [0.15, 0.2) is 23.1 Å². The van der Waals surface area contributed by atoms with Gasteiger partial charge in [0.05, 0.1) is 6.61 Å². The zero-order valence-electron chi connectivity index (χ0n) is 11.1. The molecule has 0 aromatic heterocycles. The van der Waals surface area contributed by atoms with Crippen molar-refractivity contribution in [3.05, 3.63) is 29.6 Å². The lowest BCUT2D eigenvalue weighted by Gasteiger charge is -2.24. The molecule has 0 amide bonds. The summed E-state index contributed by atoms with van der Waals surface area (Å²) in [7, 11) is -2.46. The first-order valence-corrected chi connectivity index (χ1v) is 8.54. The Balaban J connectivity index is 3.19. The highest BCUT2D eigenvalue weighted by Crippen LogP contribution is 2.22. The zero-order valence-corrected chi connectivity index (χ0v) is 12.8. The molecule has 0 radical (unpaired) electrons. The number of halogens is 1. The van der Waals surface area contributed by atoms with Crippen LogP contribution in [0.4, 0.5) is 4.39 Å². The lowest BCUT2D eigenvalue weighted by molar-refractivity contribution is 0.281. The maximum Gasteiger partial charge on any atom is 0.246 e. The van der Waals surface area contributed by atoms with E-state index in [9.17, 15) is 12.8 Å². The van der Waals surface area contributed by atoms with Crippen molar-refractivity contribution in [2.75, 3.05) is 19.1 Å². The number of aliphatic hydroxyl groups is 1. The summed E-state index contributed by atoms with van der Waals surface area (Å²) < 4.78 is 39.5. The lowest BCUT2D eigenvalue weighted by atomic mass is 10.2. The summed E-state index contributed by atoms with van der Waals surface area (Å²) in [6.07, 6.45) is 1.88. The van der Waals surface area contributed by atoms with Gasteiger partial charge in [-0.3, -0.25) is 0 Å². The number of sulfonamides is 1. The van der Waals surface area contributed by atoms with Gasteiger partial charge < -0.3 is 5.11 Å². The van der Waals surface area contributed by atoms with E-state index in [2.05, 4.69) is 0 Å². The number of benzene rings is 1. The third kappa shape index (κ3) is 3.68. The normalized spacial score (nSPS) is 13.8. The van der Waals surface area contributed by atoms with Crippen molar-refractivity contribution < 1.29 is 17.9 Å². The molecule has 1 aromatic carbocycles. The standard InChI is InChI=1S/C12H18FNO3S2/c1-9(8-18-3)14(2)19(16,17)12-6-10(7-15)4-5-11(12)13/h4-6,9,15H,7-8H2,1-3H3. The molecule has 0 aliphatic rings. The van der Waals surface area contributed by atoms with E-state index in [1.165, 1.54) is 30.9 Å². The molecule has 0 spiro atoms. The minimum Gasteiger partial charge on any atom is -0.392 e. The van der Waals surface area contributed by atoms with E-state index in [-0.39, 0.29) is 12.6 Å². The molecule has 1 atom stereocenters. The van der Waals surface area contributed by atoms with Crippen molar-refractivity contribution >= 4 is 21.8 Å². The smallest absolute Gasteiger partial charge is 0.246 e. The van der Waals surface area contributed by atoms with Crippen LogP contribution in [-0.4, -0.2) is 42.9 Å². The molecule has 1 N–H and O–H groups in total. The largest absolute Gasteiger partial charge is 0.392 e. The van der Waals surface area contributed by atoms with Crippen LogP contribution < -0.4 is 0 Å². The Kier molecular flexibility index (Phi) is 5.79. The van der Waals surface area contributed by atoms with E-state index in [0.717, 1.165) is 10.4 Å². The van der Waals surface area contributed by atoms with Gasteiger partial charge >= 0.3 is 0 Å². The van der Waals surface area contributed by atoms with Crippen molar-refractivity contribution in [3.8, 4) is 0 Å². The number of hydrogen-bond acceptors (Lipinski definition) is 4. The Labute approximate surface area is 117 Å². The summed E-state index contributed by atoms with van der Waals surface area (Å²) in [5, 5.41) is 9.02. The highest BCUT2D eigenvalue weighted by atomic mass is 32.2. The average Bonchev–Trinajstić information content (AvgIpc) is 2.38. The van der Waals surface area contributed by atoms with Gasteiger partial charge in [0.2, 0.25) is 10.0 Å². The second-order valence-electron chi connectivity index (χ2n) is 4.25. The fraction of sp³-hybridized carbons (Fsp3) is 0.500. The first-order valence-electron chi connectivity index (χ1n) is 5.70. The highest BCUT2D eigenvalue weighted by Gasteiger charge is 2.28. The second kappa shape index (κ2) is 6.69. The second-order valence-corrected chi connectivity index (χ2v) is 7.13. The van der Waals surface area contributed by atoms with Gasteiger partial charge in [0.1, 0.15) is 10.7 Å². The predicted octanol–water partition coefficient (Wildman–Crippen LogP) is 1.69. The van der Waals surface area contributed by atoms with E-state index >= 15 is 0 Å². The number of rotatable bonds is 6. The number of hydrogen-bond donors (Lipinski definition) is 1. The minimum absolute atomic E-state index is 0.239. The van der Waals surface area contributed by atoms with Gasteiger partial charge in [0.15, 0.2) is 0 Å². The van der Waals surface area contributed by atoms with Crippen LogP contribution in [0.2, 0.25) is 0 Å². The topological polar surface area (TPSA) is 57.6 Å². The van der Waals surface area contributed by atoms with Gasteiger partial charge in [0.25, 0.3) is 0 Å². The molecule has 108 valence electrons. The zero-order chi connectivity index (χ0) is 14.6. The molecule has 1 aromatic rings. The van der Waals surface area contributed by atoms with Gasteiger partial charge in [0, 0.05) is 18.8 Å². The van der Waals surface area contributed by atoms with E-state index in [4.69, 9.17) is 5.11 Å². The molecule has 0 aliphatic carbocycles. The Morgan fingerprint density at radius 2 is 2.11 bits per heavy atom. The lowest BCUT2D eigenvalue weighted by Crippen LogP contribution is -2.37. The first-order chi connectivity index (χ1) is 8.84. The average molecular weight is 307 g/mol. The summed E-state index contributed by atoms with van der Waals surface area (Å²) in [5.41, 5.74) is 0.367. The first kappa shape index (κ1) is 16.4. The molecule has 4 nitrogen and oxygen atoms in total. The van der Waals surface area contributed by atoms with Gasteiger partial charge in [-0.1, -0.05) is 6.07 Å². The molecule has 19 heavy (non-hydrogen) atoms. The van der Waals surface area contributed by atoms with Crippen LogP contribution >= 0.6 is 11.8 Å². The minimum atomic E-state index is -3.89. The van der Waals surface area contributed by atoms with Crippen LogP contribution in [0.25, 0.3) is 0 Å². The Morgan fingerprint density at radius 3 is 2.63 bits per heavy atom. The third-order valence-corrected chi connectivity index (χ3v) is 5.67. The van der Waals surface area contributed by atoms with Crippen molar-refractivity contribution in [2.24, 2.45) is 0 Å². The van der Waals surface area contributed by atoms with Crippen LogP contribution in [0, 0.1) is 5.82 Å². The van der Waals surface area contributed by atoms with Crippen molar-refractivity contribution in [3.63, 3.8) is 0 Å². The molecule has 7 heteroatoms. The SMILES string of the molecule is CSCC(C)N(C)S(=O)(=O)c1cc(CO)ccc1F. The molecule has 0 heterocycles. The summed E-state index contributed by atoms with van der Waals surface area (Å²) in [4.78, 5) is -0.394. The van der Waals surface area contributed by atoms with Gasteiger partial charge in [-0.15, -0.1) is 0 Å². The third-order valence-electron chi connectivity index (χ3n) is 2.86. The molecule has 0 bridgehead atoms. The van der Waals surface area contributed by atoms with E-state index < -0.39 is 20.7 Å². The van der Waals surface area contributed by atoms with Crippen molar-refractivity contribution in [2.45, 2.75) is 24.5 Å². The molecule has 1 unspecified atom stereocenters. The summed E-state index contributed by atoms with van der Waals surface area (Å²) in [5.74, 6) is -0.183.